The SMILES string of the molecule is O=C(c1cccc2c1CCCN2)c1cccc2ccsc12. The molecular formula is C18H15NOS. The summed E-state index contributed by atoms with van der Waals surface area (Å²) in [5.41, 5.74) is 3.95. The highest BCUT2D eigenvalue weighted by Gasteiger charge is 2.20. The number of carbonyl (C=O) groups is 1. The van der Waals surface area contributed by atoms with E-state index in [1.807, 2.05) is 29.6 Å². The van der Waals surface area contributed by atoms with Gasteiger partial charge in [-0.05, 0) is 47.4 Å². The summed E-state index contributed by atoms with van der Waals surface area (Å²) < 4.78 is 1.09. The van der Waals surface area contributed by atoms with E-state index in [1.54, 1.807) is 11.3 Å². The monoisotopic (exact) mass is 293 g/mol. The molecule has 1 N–H and O–H groups in total. The zero-order valence-corrected chi connectivity index (χ0v) is 12.4. The van der Waals surface area contributed by atoms with Gasteiger partial charge in [0, 0.05) is 28.1 Å². The number of ketones is 1. The molecule has 1 aromatic heterocycles. The Morgan fingerprint density at radius 2 is 1.90 bits per heavy atom. The van der Waals surface area contributed by atoms with Gasteiger partial charge in [-0.25, -0.2) is 0 Å². The first kappa shape index (κ1) is 12.6. The third kappa shape index (κ3) is 2.05. The van der Waals surface area contributed by atoms with Gasteiger partial charge >= 0.3 is 0 Å². The molecule has 3 heteroatoms. The Balaban J connectivity index is 1.87. The van der Waals surface area contributed by atoms with Crippen LogP contribution in [0.4, 0.5) is 5.69 Å². The molecule has 0 saturated carbocycles. The Hall–Kier alpha value is -2.13. The number of rotatable bonds is 2. The molecule has 0 unspecified atom stereocenters. The van der Waals surface area contributed by atoms with Crippen LogP contribution in [-0.4, -0.2) is 12.3 Å². The van der Waals surface area contributed by atoms with Crippen molar-refractivity contribution in [2.45, 2.75) is 12.8 Å². The maximum Gasteiger partial charge on any atom is 0.194 e. The van der Waals surface area contributed by atoms with Gasteiger partial charge in [-0.1, -0.05) is 24.3 Å². The average Bonchev–Trinajstić information content (AvgIpc) is 3.02. The number of thiophene rings is 1. The summed E-state index contributed by atoms with van der Waals surface area (Å²) in [7, 11) is 0. The van der Waals surface area contributed by atoms with Gasteiger partial charge in [0.1, 0.15) is 0 Å². The number of hydrogen-bond donors (Lipinski definition) is 1. The lowest BCUT2D eigenvalue weighted by molar-refractivity contribution is 0.103. The Morgan fingerprint density at radius 1 is 1.05 bits per heavy atom. The van der Waals surface area contributed by atoms with Crippen LogP contribution in [0.1, 0.15) is 27.9 Å². The van der Waals surface area contributed by atoms with E-state index in [4.69, 9.17) is 0 Å². The molecule has 104 valence electrons. The second kappa shape index (κ2) is 5.01. The molecule has 0 aliphatic carbocycles. The van der Waals surface area contributed by atoms with Crippen LogP contribution in [0.5, 0.6) is 0 Å². The molecule has 0 spiro atoms. The van der Waals surface area contributed by atoms with Crippen molar-refractivity contribution in [2.24, 2.45) is 0 Å². The highest BCUT2D eigenvalue weighted by Crippen LogP contribution is 2.30. The summed E-state index contributed by atoms with van der Waals surface area (Å²) in [5, 5.41) is 6.58. The summed E-state index contributed by atoms with van der Waals surface area (Å²) in [6, 6.07) is 14.0. The van der Waals surface area contributed by atoms with Crippen molar-refractivity contribution in [3.8, 4) is 0 Å². The Kier molecular flexibility index (Phi) is 3.00. The van der Waals surface area contributed by atoms with Gasteiger partial charge in [0.2, 0.25) is 0 Å². The molecular weight excluding hydrogens is 278 g/mol. The van der Waals surface area contributed by atoms with Gasteiger partial charge in [-0.3, -0.25) is 4.79 Å². The van der Waals surface area contributed by atoms with Crippen LogP contribution in [-0.2, 0) is 6.42 Å². The predicted molar refractivity (Wildman–Crippen MR) is 88.5 cm³/mol. The molecule has 2 heterocycles. The molecule has 2 nitrogen and oxygen atoms in total. The lowest BCUT2D eigenvalue weighted by Crippen LogP contribution is -2.16. The van der Waals surface area contributed by atoms with E-state index in [0.717, 1.165) is 46.3 Å². The first-order chi connectivity index (χ1) is 10.3. The highest BCUT2D eigenvalue weighted by molar-refractivity contribution is 7.17. The zero-order valence-electron chi connectivity index (χ0n) is 11.6. The van der Waals surface area contributed by atoms with E-state index in [2.05, 4.69) is 23.5 Å². The number of fused-ring (bicyclic) bond motifs is 2. The Morgan fingerprint density at radius 3 is 2.86 bits per heavy atom. The fourth-order valence-electron chi connectivity index (χ4n) is 3.04. The van der Waals surface area contributed by atoms with E-state index in [1.165, 1.54) is 5.56 Å². The molecule has 0 bridgehead atoms. The van der Waals surface area contributed by atoms with Gasteiger partial charge in [0.15, 0.2) is 5.78 Å². The van der Waals surface area contributed by atoms with Gasteiger partial charge < -0.3 is 5.32 Å². The van der Waals surface area contributed by atoms with Gasteiger partial charge in [0.05, 0.1) is 0 Å². The third-order valence-corrected chi connectivity index (χ3v) is 5.03. The van der Waals surface area contributed by atoms with Crippen molar-refractivity contribution >= 4 is 32.9 Å². The van der Waals surface area contributed by atoms with Crippen LogP contribution in [0.2, 0.25) is 0 Å². The summed E-state index contributed by atoms with van der Waals surface area (Å²) in [5.74, 6) is 0.142. The first-order valence-electron chi connectivity index (χ1n) is 7.21. The number of hydrogen-bond acceptors (Lipinski definition) is 3. The van der Waals surface area contributed by atoms with Gasteiger partial charge in [-0.15, -0.1) is 11.3 Å². The zero-order chi connectivity index (χ0) is 14.2. The van der Waals surface area contributed by atoms with Crippen molar-refractivity contribution in [2.75, 3.05) is 11.9 Å². The van der Waals surface area contributed by atoms with Crippen LogP contribution in [0.15, 0.2) is 47.8 Å². The maximum absolute atomic E-state index is 13.0. The Labute approximate surface area is 127 Å². The third-order valence-electron chi connectivity index (χ3n) is 4.06. The average molecular weight is 293 g/mol. The summed E-state index contributed by atoms with van der Waals surface area (Å²) >= 11 is 1.64. The highest BCUT2D eigenvalue weighted by atomic mass is 32.1. The molecule has 21 heavy (non-hydrogen) atoms. The van der Waals surface area contributed by atoms with Gasteiger partial charge in [-0.2, -0.15) is 0 Å². The number of carbonyl (C=O) groups excluding carboxylic acids is 1. The van der Waals surface area contributed by atoms with Crippen LogP contribution >= 0.6 is 11.3 Å². The van der Waals surface area contributed by atoms with E-state index in [-0.39, 0.29) is 5.78 Å². The lowest BCUT2D eigenvalue weighted by Gasteiger charge is -2.20. The molecule has 0 saturated heterocycles. The standard InChI is InChI=1S/C18H15NOS/c20-17(15-6-1-4-12-9-11-21-18(12)15)14-5-2-8-16-13(14)7-3-10-19-16/h1-2,4-6,8-9,11,19H,3,7,10H2. The largest absolute Gasteiger partial charge is 0.385 e. The quantitative estimate of drug-likeness (QED) is 0.705. The number of anilines is 1. The fraction of sp³-hybridized carbons (Fsp3) is 0.167. The minimum Gasteiger partial charge on any atom is -0.385 e. The number of benzene rings is 2. The molecule has 0 radical (unpaired) electrons. The molecule has 0 fully saturated rings. The van der Waals surface area contributed by atoms with Crippen molar-refractivity contribution in [3.05, 3.63) is 64.5 Å². The maximum atomic E-state index is 13.0. The molecule has 0 amide bonds. The van der Waals surface area contributed by atoms with E-state index < -0.39 is 0 Å². The second-order valence-corrected chi connectivity index (χ2v) is 6.25. The van der Waals surface area contributed by atoms with Crippen LogP contribution < -0.4 is 5.32 Å². The normalized spacial score (nSPS) is 13.7. The minimum absolute atomic E-state index is 0.142. The molecule has 2 aromatic carbocycles. The summed E-state index contributed by atoms with van der Waals surface area (Å²) in [6.45, 7) is 0.991. The molecule has 1 aliphatic rings. The fourth-order valence-corrected chi connectivity index (χ4v) is 3.95. The lowest BCUT2D eigenvalue weighted by atomic mass is 9.92. The topological polar surface area (TPSA) is 29.1 Å². The van der Waals surface area contributed by atoms with Gasteiger partial charge in [0.25, 0.3) is 0 Å². The summed E-state index contributed by atoms with van der Waals surface area (Å²) in [6.07, 6.45) is 2.06. The predicted octanol–water partition coefficient (Wildman–Crippen LogP) is 4.49. The molecule has 0 atom stereocenters. The molecule has 3 aromatic rings. The smallest absolute Gasteiger partial charge is 0.194 e. The van der Waals surface area contributed by atoms with Crippen molar-refractivity contribution in [3.63, 3.8) is 0 Å². The molecule has 4 rings (SSSR count). The van der Waals surface area contributed by atoms with Crippen LogP contribution in [0.25, 0.3) is 10.1 Å². The van der Waals surface area contributed by atoms with E-state index in [9.17, 15) is 4.79 Å². The first-order valence-corrected chi connectivity index (χ1v) is 8.09. The van der Waals surface area contributed by atoms with Crippen molar-refractivity contribution in [1.82, 2.24) is 0 Å². The van der Waals surface area contributed by atoms with E-state index in [0.29, 0.717) is 0 Å². The van der Waals surface area contributed by atoms with E-state index >= 15 is 0 Å². The van der Waals surface area contributed by atoms with Crippen molar-refractivity contribution < 1.29 is 4.79 Å². The minimum atomic E-state index is 0.142. The van der Waals surface area contributed by atoms with Crippen LogP contribution in [0, 0.1) is 0 Å². The summed E-state index contributed by atoms with van der Waals surface area (Å²) in [4.78, 5) is 13.0. The second-order valence-electron chi connectivity index (χ2n) is 5.34. The number of nitrogens with one attached hydrogen (secondary N) is 1. The molecule has 1 aliphatic heterocycles. The van der Waals surface area contributed by atoms with Crippen molar-refractivity contribution in [1.29, 1.82) is 0 Å². The Bertz CT molecular complexity index is 834. The van der Waals surface area contributed by atoms with Crippen LogP contribution in [0.3, 0.4) is 0 Å².